The molecule has 21 heavy (non-hydrogen) atoms. The van der Waals surface area contributed by atoms with E-state index in [9.17, 15) is 5.11 Å². The first-order valence-electron chi connectivity index (χ1n) is 8.05. The van der Waals surface area contributed by atoms with E-state index >= 15 is 0 Å². The summed E-state index contributed by atoms with van der Waals surface area (Å²) >= 11 is 0. The summed E-state index contributed by atoms with van der Waals surface area (Å²) in [5.41, 5.74) is -0.0887. The van der Waals surface area contributed by atoms with Crippen molar-refractivity contribution >= 4 is 0 Å². The summed E-state index contributed by atoms with van der Waals surface area (Å²) in [6.45, 7) is 11.9. The third-order valence-corrected chi connectivity index (χ3v) is 4.69. The number of ether oxygens (including phenoxy) is 1. The molecule has 0 amide bonds. The maximum absolute atomic E-state index is 11.5. The van der Waals surface area contributed by atoms with Gasteiger partial charge in [0.05, 0.1) is 17.8 Å². The van der Waals surface area contributed by atoms with Crippen LogP contribution in [0, 0.1) is 5.92 Å². The van der Waals surface area contributed by atoms with Gasteiger partial charge in [-0.05, 0) is 32.5 Å². The number of nitrogens with zero attached hydrogens (tertiary/aromatic N) is 1. The largest absolute Gasteiger partial charge is 0.385 e. The SMILES string of the molecule is CCN(CC)CC1COC(C)(C)CC1(O)c1ccccc1. The van der Waals surface area contributed by atoms with Crippen LogP contribution >= 0.6 is 0 Å². The molecular formula is C18H29NO2. The summed E-state index contributed by atoms with van der Waals surface area (Å²) < 4.78 is 6.00. The molecule has 1 aliphatic rings. The molecule has 1 aromatic rings. The smallest absolute Gasteiger partial charge is 0.0986 e. The van der Waals surface area contributed by atoms with E-state index in [1.165, 1.54) is 0 Å². The van der Waals surface area contributed by atoms with Crippen LogP contribution in [0.2, 0.25) is 0 Å². The maximum atomic E-state index is 11.5. The van der Waals surface area contributed by atoms with Crippen molar-refractivity contribution in [2.24, 2.45) is 5.92 Å². The van der Waals surface area contributed by atoms with Crippen molar-refractivity contribution in [3.05, 3.63) is 35.9 Å². The number of hydrogen-bond acceptors (Lipinski definition) is 3. The minimum Gasteiger partial charge on any atom is -0.385 e. The van der Waals surface area contributed by atoms with Crippen LogP contribution < -0.4 is 0 Å². The van der Waals surface area contributed by atoms with Gasteiger partial charge < -0.3 is 14.7 Å². The first-order valence-corrected chi connectivity index (χ1v) is 8.05. The monoisotopic (exact) mass is 291 g/mol. The van der Waals surface area contributed by atoms with Gasteiger partial charge in [0.1, 0.15) is 0 Å². The van der Waals surface area contributed by atoms with Crippen LogP contribution in [0.3, 0.4) is 0 Å². The molecule has 1 fully saturated rings. The van der Waals surface area contributed by atoms with Crippen molar-refractivity contribution in [3.8, 4) is 0 Å². The molecule has 2 rings (SSSR count). The van der Waals surface area contributed by atoms with Crippen LogP contribution in [0.25, 0.3) is 0 Å². The van der Waals surface area contributed by atoms with E-state index in [0.29, 0.717) is 13.0 Å². The first kappa shape index (κ1) is 16.5. The minimum absolute atomic E-state index is 0.104. The van der Waals surface area contributed by atoms with E-state index in [4.69, 9.17) is 4.74 Å². The fourth-order valence-corrected chi connectivity index (χ4v) is 3.37. The van der Waals surface area contributed by atoms with Gasteiger partial charge in [0.2, 0.25) is 0 Å². The molecule has 0 spiro atoms. The Morgan fingerprint density at radius 2 is 1.81 bits per heavy atom. The minimum atomic E-state index is -0.814. The lowest BCUT2D eigenvalue weighted by molar-refractivity contribution is -0.189. The fourth-order valence-electron chi connectivity index (χ4n) is 3.37. The number of hydrogen-bond donors (Lipinski definition) is 1. The van der Waals surface area contributed by atoms with Crippen molar-refractivity contribution in [2.75, 3.05) is 26.2 Å². The van der Waals surface area contributed by atoms with Crippen LogP contribution in [0.4, 0.5) is 0 Å². The highest BCUT2D eigenvalue weighted by Crippen LogP contribution is 2.43. The third-order valence-electron chi connectivity index (χ3n) is 4.69. The van der Waals surface area contributed by atoms with E-state index in [0.717, 1.165) is 25.2 Å². The molecule has 3 nitrogen and oxygen atoms in total. The molecule has 118 valence electrons. The van der Waals surface area contributed by atoms with Crippen LogP contribution in [0.5, 0.6) is 0 Å². The Balaban J connectivity index is 2.29. The molecule has 0 saturated carbocycles. The molecule has 2 unspecified atom stereocenters. The fraction of sp³-hybridized carbons (Fsp3) is 0.667. The molecule has 3 heteroatoms. The average Bonchev–Trinajstić information content (AvgIpc) is 2.47. The highest BCUT2D eigenvalue weighted by atomic mass is 16.5. The molecule has 1 saturated heterocycles. The Labute approximate surface area is 128 Å². The Kier molecular flexibility index (Phi) is 5.07. The van der Waals surface area contributed by atoms with Crippen molar-refractivity contribution in [1.29, 1.82) is 0 Å². The summed E-state index contributed by atoms with van der Waals surface area (Å²) in [6.07, 6.45) is 0.635. The lowest BCUT2D eigenvalue weighted by atomic mass is 9.72. The van der Waals surface area contributed by atoms with Gasteiger partial charge in [-0.3, -0.25) is 0 Å². The van der Waals surface area contributed by atoms with Crippen LogP contribution in [0.1, 0.15) is 39.7 Å². The quantitative estimate of drug-likeness (QED) is 0.905. The lowest BCUT2D eigenvalue weighted by Crippen LogP contribution is -2.53. The van der Waals surface area contributed by atoms with Crippen molar-refractivity contribution < 1.29 is 9.84 Å². The van der Waals surface area contributed by atoms with Crippen LogP contribution in [0.15, 0.2) is 30.3 Å². The third kappa shape index (κ3) is 3.65. The van der Waals surface area contributed by atoms with E-state index < -0.39 is 5.60 Å². The molecule has 1 aliphatic heterocycles. The second kappa shape index (κ2) is 6.47. The molecule has 1 N–H and O–H groups in total. The van der Waals surface area contributed by atoms with Crippen molar-refractivity contribution in [2.45, 2.75) is 45.3 Å². The molecule has 0 aromatic heterocycles. The topological polar surface area (TPSA) is 32.7 Å². The van der Waals surface area contributed by atoms with Crippen molar-refractivity contribution in [1.82, 2.24) is 4.90 Å². The van der Waals surface area contributed by atoms with E-state index in [-0.39, 0.29) is 11.5 Å². The normalized spacial score (nSPS) is 28.8. The van der Waals surface area contributed by atoms with E-state index in [2.05, 4.69) is 32.6 Å². The Morgan fingerprint density at radius 3 is 2.38 bits per heavy atom. The number of aliphatic hydroxyl groups is 1. The number of rotatable bonds is 5. The van der Waals surface area contributed by atoms with Gasteiger partial charge in [0, 0.05) is 18.9 Å². The average molecular weight is 291 g/mol. The standard InChI is InChI=1S/C18H29NO2/c1-5-19(6-2)12-16-13-21-17(3,4)14-18(16,20)15-10-8-7-9-11-15/h7-11,16,20H,5-6,12-14H2,1-4H3. The van der Waals surface area contributed by atoms with Crippen molar-refractivity contribution in [3.63, 3.8) is 0 Å². The zero-order chi connectivity index (χ0) is 15.5. The van der Waals surface area contributed by atoms with Gasteiger partial charge >= 0.3 is 0 Å². The highest BCUT2D eigenvalue weighted by molar-refractivity contribution is 5.25. The van der Waals surface area contributed by atoms with Crippen LogP contribution in [-0.4, -0.2) is 41.8 Å². The molecule has 0 bridgehead atoms. The van der Waals surface area contributed by atoms with Gasteiger partial charge in [-0.1, -0.05) is 44.2 Å². The lowest BCUT2D eigenvalue weighted by Gasteiger charge is -2.48. The highest BCUT2D eigenvalue weighted by Gasteiger charge is 2.47. The summed E-state index contributed by atoms with van der Waals surface area (Å²) in [7, 11) is 0. The summed E-state index contributed by atoms with van der Waals surface area (Å²) in [5, 5.41) is 11.5. The zero-order valence-electron chi connectivity index (χ0n) is 13.8. The predicted octanol–water partition coefficient (Wildman–Crippen LogP) is 3.03. The Hall–Kier alpha value is -0.900. The number of benzene rings is 1. The van der Waals surface area contributed by atoms with Gasteiger partial charge in [-0.2, -0.15) is 0 Å². The maximum Gasteiger partial charge on any atom is 0.0986 e. The Bertz CT molecular complexity index is 442. The zero-order valence-corrected chi connectivity index (χ0v) is 13.8. The molecule has 0 radical (unpaired) electrons. The van der Waals surface area contributed by atoms with Crippen LogP contribution in [-0.2, 0) is 10.3 Å². The Morgan fingerprint density at radius 1 is 1.19 bits per heavy atom. The second-order valence-corrected chi connectivity index (χ2v) is 6.72. The summed E-state index contributed by atoms with van der Waals surface area (Å²) in [4.78, 5) is 2.36. The predicted molar refractivity (Wildman–Crippen MR) is 86.3 cm³/mol. The molecule has 1 aromatic carbocycles. The second-order valence-electron chi connectivity index (χ2n) is 6.72. The van der Waals surface area contributed by atoms with E-state index in [1.54, 1.807) is 0 Å². The summed E-state index contributed by atoms with van der Waals surface area (Å²) in [5.74, 6) is 0.104. The van der Waals surface area contributed by atoms with Gasteiger partial charge in [0.15, 0.2) is 0 Å². The molecule has 1 heterocycles. The van der Waals surface area contributed by atoms with E-state index in [1.807, 2.05) is 30.3 Å². The first-order chi connectivity index (χ1) is 9.91. The van der Waals surface area contributed by atoms with Gasteiger partial charge in [0.25, 0.3) is 0 Å². The summed E-state index contributed by atoms with van der Waals surface area (Å²) in [6, 6.07) is 10.1. The molecular weight excluding hydrogens is 262 g/mol. The molecule has 2 atom stereocenters. The molecule has 0 aliphatic carbocycles. The van der Waals surface area contributed by atoms with Gasteiger partial charge in [-0.25, -0.2) is 0 Å². The van der Waals surface area contributed by atoms with Gasteiger partial charge in [-0.15, -0.1) is 0 Å².